The standard InChI is InChI=1S/C18H22F2N2/c1-7-14(13(2)9-8-10-17(3,4)19)15-11-16(18(5,6)20)22-12-21-15/h1,8-9,11-12H,10H2,2-6H3/b9-8-,14-13+. The number of rotatable bonds is 5. The Bertz CT molecular complexity index is 624. The third-order valence-corrected chi connectivity index (χ3v) is 3.04. The van der Waals surface area contributed by atoms with Crippen molar-refractivity contribution in [1.82, 2.24) is 9.97 Å². The van der Waals surface area contributed by atoms with E-state index in [0.717, 1.165) is 5.57 Å². The number of hydrogen-bond acceptors (Lipinski definition) is 2. The minimum Gasteiger partial charge on any atom is -0.244 e. The van der Waals surface area contributed by atoms with E-state index < -0.39 is 11.3 Å². The van der Waals surface area contributed by atoms with Gasteiger partial charge in [-0.05, 0) is 52.7 Å². The molecule has 0 unspecified atom stereocenters. The monoisotopic (exact) mass is 304 g/mol. The number of hydrogen-bond donors (Lipinski definition) is 0. The normalized spacial score (nSPS) is 13.9. The molecule has 1 heterocycles. The Hall–Kier alpha value is -2.02. The zero-order valence-corrected chi connectivity index (χ0v) is 13.7. The van der Waals surface area contributed by atoms with Gasteiger partial charge in [-0.2, -0.15) is 0 Å². The maximum atomic E-state index is 14.0. The van der Waals surface area contributed by atoms with E-state index >= 15 is 0 Å². The second-order valence-corrected chi connectivity index (χ2v) is 6.29. The molecule has 22 heavy (non-hydrogen) atoms. The van der Waals surface area contributed by atoms with Gasteiger partial charge < -0.3 is 0 Å². The first-order chi connectivity index (χ1) is 10.0. The van der Waals surface area contributed by atoms with Crippen molar-refractivity contribution in [1.29, 1.82) is 0 Å². The van der Waals surface area contributed by atoms with Crippen molar-refractivity contribution in [2.24, 2.45) is 0 Å². The van der Waals surface area contributed by atoms with E-state index in [9.17, 15) is 8.78 Å². The van der Waals surface area contributed by atoms with Gasteiger partial charge in [-0.25, -0.2) is 18.7 Å². The summed E-state index contributed by atoms with van der Waals surface area (Å²) in [6.07, 6.45) is 10.6. The summed E-state index contributed by atoms with van der Waals surface area (Å²) < 4.78 is 27.4. The summed E-state index contributed by atoms with van der Waals surface area (Å²) in [5.74, 6) is 2.57. The Morgan fingerprint density at radius 2 is 1.91 bits per heavy atom. The lowest BCUT2D eigenvalue weighted by Crippen LogP contribution is -2.12. The molecule has 0 fully saturated rings. The maximum absolute atomic E-state index is 14.0. The van der Waals surface area contributed by atoms with Crippen LogP contribution in [0, 0.1) is 12.3 Å². The molecule has 0 saturated heterocycles. The zero-order valence-electron chi connectivity index (χ0n) is 13.7. The van der Waals surface area contributed by atoms with E-state index in [1.807, 2.05) is 6.92 Å². The Morgan fingerprint density at radius 3 is 2.41 bits per heavy atom. The van der Waals surface area contributed by atoms with E-state index in [1.165, 1.54) is 34.0 Å². The van der Waals surface area contributed by atoms with Gasteiger partial charge in [0.2, 0.25) is 0 Å². The second-order valence-electron chi connectivity index (χ2n) is 6.29. The molecule has 0 aromatic carbocycles. The molecule has 1 aromatic rings. The lowest BCUT2D eigenvalue weighted by atomic mass is 10.0. The van der Waals surface area contributed by atoms with Gasteiger partial charge >= 0.3 is 0 Å². The Labute approximate surface area is 131 Å². The van der Waals surface area contributed by atoms with Crippen LogP contribution < -0.4 is 0 Å². The molecular formula is C18H22F2N2. The van der Waals surface area contributed by atoms with Crippen molar-refractivity contribution in [3.05, 3.63) is 41.5 Å². The number of terminal acetylenes is 1. The molecule has 4 heteroatoms. The van der Waals surface area contributed by atoms with Crippen molar-refractivity contribution < 1.29 is 8.78 Å². The molecule has 0 aliphatic heterocycles. The average Bonchev–Trinajstić information content (AvgIpc) is 2.37. The summed E-state index contributed by atoms with van der Waals surface area (Å²) in [7, 11) is 0. The summed E-state index contributed by atoms with van der Waals surface area (Å²) in [5.41, 5.74) is -0.770. The van der Waals surface area contributed by atoms with E-state index in [1.54, 1.807) is 18.2 Å². The molecule has 0 atom stereocenters. The Balaban J connectivity index is 3.16. The van der Waals surface area contributed by atoms with Crippen LogP contribution in [0.3, 0.4) is 0 Å². The maximum Gasteiger partial charge on any atom is 0.147 e. The SMILES string of the molecule is C#C/C(=C(C)\C=C/CC(C)(C)F)c1cc(C(C)(C)F)ncn1. The molecule has 0 N–H and O–H groups in total. The van der Waals surface area contributed by atoms with E-state index in [2.05, 4.69) is 15.9 Å². The fourth-order valence-corrected chi connectivity index (χ4v) is 1.81. The molecule has 0 bridgehead atoms. The molecule has 0 spiro atoms. The zero-order chi connectivity index (χ0) is 17.0. The molecule has 0 saturated carbocycles. The van der Waals surface area contributed by atoms with Crippen molar-refractivity contribution in [3.8, 4) is 12.3 Å². The van der Waals surface area contributed by atoms with Crippen molar-refractivity contribution >= 4 is 5.57 Å². The summed E-state index contributed by atoms with van der Waals surface area (Å²) in [5, 5.41) is 0. The van der Waals surface area contributed by atoms with Crippen LogP contribution in [-0.4, -0.2) is 15.6 Å². The fraction of sp³-hybridized carbons (Fsp3) is 0.444. The molecule has 0 aliphatic carbocycles. The van der Waals surface area contributed by atoms with Crippen LogP contribution in [-0.2, 0) is 5.67 Å². The average molecular weight is 304 g/mol. The summed E-state index contributed by atoms with van der Waals surface area (Å²) in [4.78, 5) is 8.05. The third kappa shape index (κ3) is 5.40. The van der Waals surface area contributed by atoms with Gasteiger partial charge in [0, 0.05) is 0 Å². The van der Waals surface area contributed by atoms with Crippen LogP contribution in [0.2, 0.25) is 0 Å². The van der Waals surface area contributed by atoms with Crippen LogP contribution in [0.25, 0.3) is 5.57 Å². The highest BCUT2D eigenvalue weighted by molar-refractivity contribution is 5.80. The van der Waals surface area contributed by atoms with Crippen LogP contribution >= 0.6 is 0 Å². The third-order valence-electron chi connectivity index (χ3n) is 3.04. The van der Waals surface area contributed by atoms with Gasteiger partial charge in [0.15, 0.2) is 0 Å². The van der Waals surface area contributed by atoms with E-state index in [4.69, 9.17) is 6.42 Å². The number of nitrogens with zero attached hydrogens (tertiary/aromatic N) is 2. The van der Waals surface area contributed by atoms with Gasteiger partial charge in [-0.1, -0.05) is 18.1 Å². The van der Waals surface area contributed by atoms with Crippen LogP contribution in [0.1, 0.15) is 52.4 Å². The first-order valence-electron chi connectivity index (χ1n) is 7.09. The van der Waals surface area contributed by atoms with Crippen molar-refractivity contribution in [3.63, 3.8) is 0 Å². The predicted octanol–water partition coefficient (Wildman–Crippen LogP) is 4.78. The second kappa shape index (κ2) is 6.83. The summed E-state index contributed by atoms with van der Waals surface area (Å²) in [6, 6.07) is 1.55. The van der Waals surface area contributed by atoms with Gasteiger partial charge in [-0.3, -0.25) is 0 Å². The molecule has 118 valence electrons. The highest BCUT2D eigenvalue weighted by Crippen LogP contribution is 2.25. The van der Waals surface area contributed by atoms with Crippen molar-refractivity contribution in [2.75, 3.05) is 0 Å². The molecule has 1 aromatic heterocycles. The highest BCUT2D eigenvalue weighted by Gasteiger charge is 2.21. The number of alkyl halides is 2. The van der Waals surface area contributed by atoms with Crippen LogP contribution in [0.4, 0.5) is 8.78 Å². The summed E-state index contributed by atoms with van der Waals surface area (Å²) in [6.45, 7) is 7.69. The predicted molar refractivity (Wildman–Crippen MR) is 86.5 cm³/mol. The van der Waals surface area contributed by atoms with Gasteiger partial charge in [0.1, 0.15) is 17.7 Å². The molecule has 1 rings (SSSR count). The minimum absolute atomic E-state index is 0.270. The van der Waals surface area contributed by atoms with E-state index in [-0.39, 0.29) is 12.1 Å². The first kappa shape index (κ1) is 18.0. The molecule has 2 nitrogen and oxygen atoms in total. The quantitative estimate of drug-likeness (QED) is 0.578. The van der Waals surface area contributed by atoms with E-state index in [0.29, 0.717) is 11.3 Å². The first-order valence-corrected chi connectivity index (χ1v) is 7.09. The lowest BCUT2D eigenvalue weighted by Gasteiger charge is -2.14. The highest BCUT2D eigenvalue weighted by atomic mass is 19.1. The summed E-state index contributed by atoms with van der Waals surface area (Å²) >= 11 is 0. The number of allylic oxidation sites excluding steroid dienone is 4. The topological polar surface area (TPSA) is 25.8 Å². The number of aromatic nitrogens is 2. The largest absolute Gasteiger partial charge is 0.244 e. The van der Waals surface area contributed by atoms with Crippen LogP contribution in [0.15, 0.2) is 30.1 Å². The van der Waals surface area contributed by atoms with Gasteiger partial charge in [0.05, 0.1) is 17.0 Å². The van der Waals surface area contributed by atoms with Crippen LogP contribution in [0.5, 0.6) is 0 Å². The Kier molecular flexibility index (Phi) is 5.59. The minimum atomic E-state index is -1.57. The van der Waals surface area contributed by atoms with Crippen molar-refractivity contribution in [2.45, 2.75) is 52.4 Å². The Morgan fingerprint density at radius 1 is 1.27 bits per heavy atom. The van der Waals surface area contributed by atoms with Gasteiger partial charge in [0.25, 0.3) is 0 Å². The molecule has 0 radical (unpaired) electrons. The molecule has 0 aliphatic rings. The number of halogens is 2. The smallest absolute Gasteiger partial charge is 0.147 e. The molecule has 0 amide bonds. The fourth-order valence-electron chi connectivity index (χ4n) is 1.81. The lowest BCUT2D eigenvalue weighted by molar-refractivity contribution is 0.214. The molecular weight excluding hydrogens is 282 g/mol. The van der Waals surface area contributed by atoms with Gasteiger partial charge in [-0.15, -0.1) is 6.42 Å².